The Hall–Kier alpha value is -6.69. The van der Waals surface area contributed by atoms with Crippen molar-refractivity contribution >= 4 is 77.4 Å². The van der Waals surface area contributed by atoms with Gasteiger partial charge >= 0.3 is 5.97 Å². The van der Waals surface area contributed by atoms with E-state index < -0.39 is 84.1 Å². The monoisotopic (exact) mass is 1110 g/mol. The summed E-state index contributed by atoms with van der Waals surface area (Å²) in [7, 11) is 0. The number of hydrogen-bond donors (Lipinski definition) is 0. The van der Waals surface area contributed by atoms with Crippen LogP contribution in [0.1, 0.15) is 141 Å². The fourth-order valence-electron chi connectivity index (χ4n) is 15.3. The maximum Gasteiger partial charge on any atom is 0.355 e. The molecule has 80 heavy (non-hydrogen) atoms. The highest BCUT2D eigenvalue weighted by atomic mass is 16.7. The summed E-state index contributed by atoms with van der Waals surface area (Å²) in [5.41, 5.74) is 0. The van der Waals surface area contributed by atoms with Crippen LogP contribution in [-0.4, -0.2) is 257 Å². The number of carbonyl (C=O) groups is 13. The molecule has 11 fully saturated rings. The van der Waals surface area contributed by atoms with Crippen molar-refractivity contribution in [3.63, 3.8) is 0 Å². The van der Waals surface area contributed by atoms with E-state index in [1.807, 2.05) is 0 Å². The Morgan fingerprint density at radius 2 is 0.500 bits per heavy atom. The first-order valence-electron chi connectivity index (χ1n) is 29.7. The molecule has 434 valence electrons. The van der Waals surface area contributed by atoms with Crippen LogP contribution in [0.2, 0.25) is 0 Å². The van der Waals surface area contributed by atoms with Crippen LogP contribution in [0.25, 0.3) is 0 Å². The largest absolute Gasteiger partial charge is 0.355 e. The molecule has 10 unspecified atom stereocenters. The molecule has 0 aliphatic carbocycles. The molecule has 10 atom stereocenters. The minimum atomic E-state index is -1.03. The first kappa shape index (κ1) is 55.2. The Bertz CT molecular complexity index is 2570. The lowest BCUT2D eigenvalue weighted by Crippen LogP contribution is -2.59. The van der Waals surface area contributed by atoms with Gasteiger partial charge in [-0.15, -0.1) is 5.06 Å². The van der Waals surface area contributed by atoms with Gasteiger partial charge in [-0.1, -0.05) is 0 Å². The lowest BCUT2D eigenvalue weighted by molar-refractivity contribution is -0.201. The highest BCUT2D eigenvalue weighted by Crippen LogP contribution is 2.36. The summed E-state index contributed by atoms with van der Waals surface area (Å²) in [5, 5.41) is 0.464. The zero-order chi connectivity index (χ0) is 56.1. The Morgan fingerprint density at radius 1 is 0.300 bits per heavy atom. The van der Waals surface area contributed by atoms with Gasteiger partial charge < -0.3 is 53.8 Å². The smallest absolute Gasteiger partial charge is 0.333 e. The molecule has 11 aliphatic heterocycles. The first-order valence-corrected chi connectivity index (χ1v) is 29.7. The molecule has 0 aromatic carbocycles. The van der Waals surface area contributed by atoms with E-state index in [4.69, 9.17) is 4.84 Å². The van der Waals surface area contributed by atoms with Gasteiger partial charge in [0.2, 0.25) is 59.6 Å². The highest BCUT2D eigenvalue weighted by molar-refractivity contribution is 6.03. The van der Waals surface area contributed by atoms with Gasteiger partial charge in [0.25, 0.3) is 11.8 Å². The third kappa shape index (κ3) is 9.94. The molecule has 0 aromatic heterocycles. The van der Waals surface area contributed by atoms with Crippen molar-refractivity contribution in [1.82, 2.24) is 54.1 Å². The van der Waals surface area contributed by atoms with Crippen molar-refractivity contribution in [1.29, 1.82) is 0 Å². The third-order valence-electron chi connectivity index (χ3n) is 19.3. The summed E-state index contributed by atoms with van der Waals surface area (Å²) in [6.07, 6.45) is 10.1. The number of rotatable bonds is 12. The van der Waals surface area contributed by atoms with Crippen LogP contribution in [-0.2, 0) is 67.2 Å². The summed E-state index contributed by atoms with van der Waals surface area (Å²) in [6.45, 7) is 3.19. The standard InChI is InChI=1S/C55H75N11O14/c67-33-56-23-1-11-34(56)46(70)57-24-2-12-35(57)47(71)58-25-3-13-36(58)48(72)59-26-4-14-37(59)49(73)60-27-5-15-38(60)50(74)61-28-6-16-39(61)51(75)62-29-7-17-40(62)52(76)63-30-8-18-41(63)53(77)64-31-9-19-42(64)54(78)65-32-10-20-43(65)55(79)80-66-44(68)21-22-45(66)69/h33-43H,1-32H2. The number of carbonyl (C=O) groups excluding carboxylic acids is 13. The van der Waals surface area contributed by atoms with E-state index >= 15 is 0 Å². The Labute approximate surface area is 464 Å². The summed E-state index contributed by atoms with van der Waals surface area (Å²) < 4.78 is 0. The van der Waals surface area contributed by atoms with Gasteiger partial charge in [0.05, 0.1) is 0 Å². The predicted molar refractivity (Wildman–Crippen MR) is 276 cm³/mol. The summed E-state index contributed by atoms with van der Waals surface area (Å²) in [6, 6.07) is -8.37. The lowest BCUT2D eigenvalue weighted by atomic mass is 10.1. The van der Waals surface area contributed by atoms with Crippen molar-refractivity contribution in [2.24, 2.45) is 0 Å². The number of likely N-dealkylation sites (tertiary alicyclic amines) is 10. The molecule has 0 N–H and O–H groups in total. The molecule has 11 heterocycles. The van der Waals surface area contributed by atoms with Crippen molar-refractivity contribution in [3.05, 3.63) is 0 Å². The van der Waals surface area contributed by atoms with Gasteiger partial charge in [-0.2, -0.15) is 0 Å². The molecule has 11 saturated heterocycles. The Kier molecular flexibility index (Phi) is 15.9. The number of hydrogen-bond acceptors (Lipinski definition) is 14. The average Bonchev–Trinajstić information content (AvgIpc) is 4.39. The minimum absolute atomic E-state index is 0.0693. The van der Waals surface area contributed by atoms with Gasteiger partial charge in [0.1, 0.15) is 60.4 Å². The molecule has 11 rings (SSSR count). The van der Waals surface area contributed by atoms with E-state index in [9.17, 15) is 62.3 Å². The summed E-state index contributed by atoms with van der Waals surface area (Å²) in [4.78, 5) is 200. The first-order chi connectivity index (χ1) is 38.7. The molecule has 0 aromatic rings. The number of imide groups is 1. The molecular formula is C55H75N11O14. The van der Waals surface area contributed by atoms with Crippen molar-refractivity contribution in [2.75, 3.05) is 65.4 Å². The number of amides is 12. The van der Waals surface area contributed by atoms with Gasteiger partial charge in [-0.05, 0) is 128 Å². The third-order valence-corrected chi connectivity index (χ3v) is 19.3. The average molecular weight is 1110 g/mol. The van der Waals surface area contributed by atoms with Crippen LogP contribution >= 0.6 is 0 Å². The van der Waals surface area contributed by atoms with Crippen LogP contribution in [0.3, 0.4) is 0 Å². The van der Waals surface area contributed by atoms with Gasteiger partial charge in [0.15, 0.2) is 0 Å². The van der Waals surface area contributed by atoms with Crippen LogP contribution in [0.5, 0.6) is 0 Å². The Morgan fingerprint density at radius 3 is 0.750 bits per heavy atom. The molecule has 12 amide bonds. The quantitative estimate of drug-likeness (QED) is 0.170. The van der Waals surface area contributed by atoms with E-state index in [1.54, 1.807) is 29.4 Å². The molecule has 11 aliphatic rings. The molecular weight excluding hydrogens is 1040 g/mol. The topological polar surface area (TPSA) is 267 Å². The summed E-state index contributed by atoms with van der Waals surface area (Å²) in [5.74, 6) is -5.23. The van der Waals surface area contributed by atoms with Crippen LogP contribution in [0, 0.1) is 0 Å². The molecule has 25 nitrogen and oxygen atoms in total. The van der Waals surface area contributed by atoms with E-state index in [0.717, 1.165) is 0 Å². The van der Waals surface area contributed by atoms with E-state index in [2.05, 4.69) is 0 Å². The maximum absolute atomic E-state index is 14.7. The second kappa shape index (κ2) is 23.0. The van der Waals surface area contributed by atoms with Crippen molar-refractivity contribution in [2.45, 2.75) is 202 Å². The summed E-state index contributed by atoms with van der Waals surface area (Å²) >= 11 is 0. The predicted octanol–water partition coefficient (Wildman–Crippen LogP) is -0.867. The van der Waals surface area contributed by atoms with Gasteiger partial charge in [0, 0.05) is 78.3 Å². The zero-order valence-corrected chi connectivity index (χ0v) is 45.6. The van der Waals surface area contributed by atoms with E-state index in [-0.39, 0.29) is 99.2 Å². The normalized spacial score (nSPS) is 31.7. The van der Waals surface area contributed by atoms with Gasteiger partial charge in [-0.25, -0.2) is 4.79 Å². The molecule has 0 radical (unpaired) electrons. The molecule has 0 bridgehead atoms. The Balaban J connectivity index is 0.709. The van der Waals surface area contributed by atoms with E-state index in [0.29, 0.717) is 166 Å². The van der Waals surface area contributed by atoms with Gasteiger partial charge in [-0.3, -0.25) is 57.5 Å². The molecule has 25 heteroatoms. The van der Waals surface area contributed by atoms with Crippen molar-refractivity contribution in [3.8, 4) is 0 Å². The van der Waals surface area contributed by atoms with Crippen molar-refractivity contribution < 1.29 is 67.2 Å². The fraction of sp³-hybridized carbons (Fsp3) is 0.764. The second-order valence-electron chi connectivity index (χ2n) is 23.7. The number of hydroxylamine groups is 2. The number of nitrogens with zero attached hydrogens (tertiary/aromatic N) is 11. The lowest BCUT2D eigenvalue weighted by Gasteiger charge is -2.37. The molecule has 0 saturated carbocycles. The van der Waals surface area contributed by atoms with Crippen LogP contribution < -0.4 is 0 Å². The van der Waals surface area contributed by atoms with E-state index in [1.165, 1.54) is 19.6 Å². The van der Waals surface area contributed by atoms with Crippen LogP contribution in [0.4, 0.5) is 0 Å². The minimum Gasteiger partial charge on any atom is -0.333 e. The SMILES string of the molecule is O=CN1CCCC1C(=O)N1CCCC1C(=O)N1CCCC1C(=O)N1CCCC1C(=O)N1CCCC1C(=O)N1CCCC1C(=O)N1CCCC1C(=O)N1CCCC1C(=O)N1CCCC1C(=O)N1CCCC1C(=O)ON1C(=O)CCC1=O. The highest BCUT2D eigenvalue weighted by Gasteiger charge is 2.53. The molecule has 0 spiro atoms. The maximum atomic E-state index is 14.7. The fourth-order valence-corrected chi connectivity index (χ4v) is 15.3. The zero-order valence-electron chi connectivity index (χ0n) is 45.6. The van der Waals surface area contributed by atoms with Crippen LogP contribution in [0.15, 0.2) is 0 Å². The second-order valence-corrected chi connectivity index (χ2v) is 23.7.